The number of carbonyl (C=O) groups is 1. The van der Waals surface area contributed by atoms with E-state index in [2.05, 4.69) is 39.6 Å². The number of rotatable bonds is 7. The van der Waals surface area contributed by atoms with E-state index >= 15 is 0 Å². The fourth-order valence-electron chi connectivity index (χ4n) is 3.79. The molecule has 7 nitrogen and oxygen atoms in total. The van der Waals surface area contributed by atoms with Gasteiger partial charge in [-0.1, -0.05) is 48.5 Å². The van der Waals surface area contributed by atoms with Gasteiger partial charge in [0.1, 0.15) is 12.7 Å². The number of hydrogen-bond acceptors (Lipinski definition) is 6. The van der Waals surface area contributed by atoms with Crippen molar-refractivity contribution < 1.29 is 19.7 Å². The minimum absolute atomic E-state index is 0.00721. The second-order valence-corrected chi connectivity index (χ2v) is 7.18. The Morgan fingerprint density at radius 1 is 1.03 bits per heavy atom. The molecule has 7 heteroatoms. The van der Waals surface area contributed by atoms with Crippen molar-refractivity contribution in [3.05, 3.63) is 83.9 Å². The van der Waals surface area contributed by atoms with Crippen molar-refractivity contribution in [2.75, 3.05) is 13.2 Å². The minimum atomic E-state index is -1.16. The number of carbonyl (C=O) groups excluding carboxylic acids is 1. The van der Waals surface area contributed by atoms with E-state index in [0.29, 0.717) is 0 Å². The molecule has 154 valence electrons. The van der Waals surface area contributed by atoms with E-state index in [9.17, 15) is 15.0 Å². The highest BCUT2D eigenvalue weighted by molar-refractivity contribution is 5.79. The number of alkyl carbamates (subject to hydrolysis) is 1. The number of aliphatic hydroxyl groups is 2. The highest BCUT2D eigenvalue weighted by atomic mass is 16.5. The Morgan fingerprint density at radius 2 is 1.70 bits per heavy atom. The van der Waals surface area contributed by atoms with E-state index < -0.39 is 18.3 Å². The lowest BCUT2D eigenvalue weighted by Crippen LogP contribution is -2.30. The van der Waals surface area contributed by atoms with E-state index in [-0.39, 0.29) is 31.2 Å². The number of amides is 1. The van der Waals surface area contributed by atoms with Gasteiger partial charge in [0.2, 0.25) is 0 Å². The van der Waals surface area contributed by atoms with Gasteiger partial charge in [0.15, 0.2) is 0 Å². The van der Waals surface area contributed by atoms with Crippen LogP contribution in [0.2, 0.25) is 0 Å². The van der Waals surface area contributed by atoms with Crippen LogP contribution in [0.25, 0.3) is 11.1 Å². The maximum atomic E-state index is 12.1. The van der Waals surface area contributed by atoms with Crippen molar-refractivity contribution in [1.29, 1.82) is 0 Å². The summed E-state index contributed by atoms with van der Waals surface area (Å²) in [5, 5.41) is 22.8. The van der Waals surface area contributed by atoms with Crippen LogP contribution in [0.5, 0.6) is 0 Å². The van der Waals surface area contributed by atoms with Gasteiger partial charge in [-0.2, -0.15) is 0 Å². The first kappa shape index (κ1) is 20.0. The predicted octanol–water partition coefficient (Wildman–Crippen LogP) is 2.80. The van der Waals surface area contributed by atoms with E-state index in [4.69, 9.17) is 4.74 Å². The SMILES string of the molecule is O=C(NCCC(O)C(O)c1cnccn1)OCC1c2ccccc2-c2ccccc21. The standard InChI is InChI=1S/C23H23N3O4/c27-21(22(28)20-13-24-11-12-25-20)9-10-26-23(29)30-14-19-17-7-3-1-5-15(17)16-6-2-4-8-18(16)19/h1-8,11-13,19,21-22,27-28H,9-10,14H2,(H,26,29). The van der Waals surface area contributed by atoms with Crippen LogP contribution in [-0.4, -0.2) is 45.5 Å². The van der Waals surface area contributed by atoms with Gasteiger partial charge in [-0.25, -0.2) is 4.79 Å². The number of nitrogens with zero attached hydrogens (tertiary/aromatic N) is 2. The summed E-state index contributed by atoms with van der Waals surface area (Å²) in [4.78, 5) is 20.0. The molecule has 0 radical (unpaired) electrons. The van der Waals surface area contributed by atoms with E-state index in [1.54, 1.807) is 0 Å². The zero-order valence-electron chi connectivity index (χ0n) is 16.3. The minimum Gasteiger partial charge on any atom is -0.449 e. The van der Waals surface area contributed by atoms with Gasteiger partial charge < -0.3 is 20.3 Å². The number of benzene rings is 2. The Balaban J connectivity index is 1.28. The highest BCUT2D eigenvalue weighted by Gasteiger charge is 2.29. The van der Waals surface area contributed by atoms with Crippen molar-refractivity contribution in [3.63, 3.8) is 0 Å². The fourth-order valence-corrected chi connectivity index (χ4v) is 3.79. The molecule has 1 aromatic heterocycles. The van der Waals surface area contributed by atoms with Gasteiger partial charge in [-0.15, -0.1) is 0 Å². The molecule has 0 bridgehead atoms. The van der Waals surface area contributed by atoms with Crippen molar-refractivity contribution >= 4 is 6.09 Å². The quantitative estimate of drug-likeness (QED) is 0.558. The molecule has 4 rings (SSSR count). The Labute approximate surface area is 174 Å². The van der Waals surface area contributed by atoms with Crippen molar-refractivity contribution in [3.8, 4) is 11.1 Å². The number of fused-ring (bicyclic) bond motifs is 3. The van der Waals surface area contributed by atoms with Crippen molar-refractivity contribution in [2.24, 2.45) is 0 Å². The number of ether oxygens (including phenoxy) is 1. The zero-order chi connectivity index (χ0) is 20.9. The van der Waals surface area contributed by atoms with Crippen molar-refractivity contribution in [2.45, 2.75) is 24.5 Å². The molecule has 1 amide bonds. The molecular formula is C23H23N3O4. The summed E-state index contributed by atoms with van der Waals surface area (Å²) in [6, 6.07) is 16.3. The Kier molecular flexibility index (Phi) is 6.02. The zero-order valence-corrected chi connectivity index (χ0v) is 16.3. The topological polar surface area (TPSA) is 105 Å². The van der Waals surface area contributed by atoms with E-state index in [1.807, 2.05) is 24.3 Å². The average Bonchev–Trinajstić information content (AvgIpc) is 3.11. The molecule has 1 heterocycles. The monoisotopic (exact) mass is 405 g/mol. The molecule has 3 N–H and O–H groups in total. The first-order chi connectivity index (χ1) is 14.6. The molecule has 2 unspecified atom stereocenters. The molecule has 3 aromatic rings. The first-order valence-corrected chi connectivity index (χ1v) is 9.86. The molecule has 0 saturated heterocycles. The summed E-state index contributed by atoms with van der Waals surface area (Å²) < 4.78 is 5.45. The number of hydrogen-bond donors (Lipinski definition) is 3. The van der Waals surface area contributed by atoms with Crippen LogP contribution < -0.4 is 5.32 Å². The smallest absolute Gasteiger partial charge is 0.407 e. The molecule has 2 aromatic carbocycles. The first-order valence-electron chi connectivity index (χ1n) is 9.86. The molecule has 0 fully saturated rings. The van der Waals surface area contributed by atoms with Crippen LogP contribution in [0.3, 0.4) is 0 Å². The highest BCUT2D eigenvalue weighted by Crippen LogP contribution is 2.44. The summed E-state index contributed by atoms with van der Waals surface area (Å²) in [7, 11) is 0. The molecule has 0 saturated carbocycles. The third-order valence-electron chi connectivity index (χ3n) is 5.30. The number of aromatic nitrogens is 2. The normalized spacial score (nSPS) is 14.5. The van der Waals surface area contributed by atoms with Gasteiger partial charge in [0, 0.05) is 24.9 Å². The van der Waals surface area contributed by atoms with Crippen LogP contribution in [0.15, 0.2) is 67.1 Å². The lowest BCUT2D eigenvalue weighted by Gasteiger charge is -2.18. The maximum absolute atomic E-state index is 12.1. The van der Waals surface area contributed by atoms with Gasteiger partial charge in [0.05, 0.1) is 18.0 Å². The molecule has 1 aliphatic carbocycles. The van der Waals surface area contributed by atoms with Gasteiger partial charge in [-0.05, 0) is 28.7 Å². The Bertz CT molecular complexity index is 967. The second-order valence-electron chi connectivity index (χ2n) is 7.18. The summed E-state index contributed by atoms with van der Waals surface area (Å²) in [5.74, 6) is -0.00721. The summed E-state index contributed by atoms with van der Waals surface area (Å²) in [6.07, 6.45) is 1.69. The summed E-state index contributed by atoms with van der Waals surface area (Å²) in [6.45, 7) is 0.389. The molecule has 30 heavy (non-hydrogen) atoms. The maximum Gasteiger partial charge on any atom is 0.407 e. The molecular weight excluding hydrogens is 382 g/mol. The largest absolute Gasteiger partial charge is 0.449 e. The van der Waals surface area contributed by atoms with Gasteiger partial charge in [0.25, 0.3) is 0 Å². The molecule has 0 aliphatic heterocycles. The molecule has 0 spiro atoms. The van der Waals surface area contributed by atoms with Gasteiger partial charge in [-0.3, -0.25) is 9.97 Å². The lowest BCUT2D eigenvalue weighted by atomic mass is 9.98. The van der Waals surface area contributed by atoms with Crippen LogP contribution in [-0.2, 0) is 4.74 Å². The van der Waals surface area contributed by atoms with Crippen LogP contribution in [0, 0.1) is 0 Å². The fraction of sp³-hybridized carbons (Fsp3) is 0.261. The van der Waals surface area contributed by atoms with Crippen LogP contribution in [0.4, 0.5) is 4.79 Å². The summed E-state index contributed by atoms with van der Waals surface area (Å²) in [5.41, 5.74) is 4.92. The second kappa shape index (κ2) is 9.02. The number of aliphatic hydroxyl groups excluding tert-OH is 2. The van der Waals surface area contributed by atoms with Crippen LogP contribution in [0.1, 0.15) is 35.3 Å². The van der Waals surface area contributed by atoms with E-state index in [1.165, 1.54) is 29.7 Å². The van der Waals surface area contributed by atoms with Crippen LogP contribution >= 0.6 is 0 Å². The molecule has 1 aliphatic rings. The third-order valence-corrected chi connectivity index (χ3v) is 5.30. The lowest BCUT2D eigenvalue weighted by molar-refractivity contribution is 0.0109. The van der Waals surface area contributed by atoms with E-state index in [0.717, 1.165) is 11.1 Å². The third kappa shape index (κ3) is 4.17. The Hall–Kier alpha value is -3.29. The summed E-state index contributed by atoms with van der Waals surface area (Å²) >= 11 is 0. The number of nitrogens with one attached hydrogen (secondary N) is 1. The predicted molar refractivity (Wildman–Crippen MR) is 111 cm³/mol. The Morgan fingerprint density at radius 3 is 2.33 bits per heavy atom. The molecule has 2 atom stereocenters. The van der Waals surface area contributed by atoms with Crippen molar-refractivity contribution in [1.82, 2.24) is 15.3 Å². The average molecular weight is 405 g/mol. The van der Waals surface area contributed by atoms with Gasteiger partial charge >= 0.3 is 6.09 Å².